The van der Waals surface area contributed by atoms with Crippen LogP contribution >= 0.6 is 0 Å². The van der Waals surface area contributed by atoms with E-state index in [1.165, 1.54) is 0 Å². The number of aryl methyl sites for hydroxylation is 1. The molecule has 1 aromatic rings. The number of hydrogen-bond donors (Lipinski definition) is 2. The molecule has 0 radical (unpaired) electrons. The summed E-state index contributed by atoms with van der Waals surface area (Å²) in [4.78, 5) is 28.1. The molecule has 0 saturated carbocycles. The Bertz CT molecular complexity index is 643. The number of hydrogen-bond acceptors (Lipinski definition) is 4. The second-order valence-corrected chi connectivity index (χ2v) is 6.84. The number of carbonyl (C=O) groups excluding carboxylic acids is 2. The van der Waals surface area contributed by atoms with Crippen LogP contribution in [0.4, 0.5) is 10.5 Å². The van der Waals surface area contributed by atoms with Gasteiger partial charge in [-0.2, -0.15) is 0 Å². The van der Waals surface area contributed by atoms with Gasteiger partial charge >= 0.3 is 6.03 Å². The average molecular weight is 346 g/mol. The van der Waals surface area contributed by atoms with E-state index in [4.69, 9.17) is 10.5 Å². The number of rotatable bonds is 4. The molecule has 3 amide bonds. The van der Waals surface area contributed by atoms with Gasteiger partial charge in [0.25, 0.3) is 0 Å². The first kappa shape index (κ1) is 17.7. The second-order valence-electron chi connectivity index (χ2n) is 6.84. The van der Waals surface area contributed by atoms with Crippen molar-refractivity contribution < 1.29 is 14.3 Å². The second kappa shape index (κ2) is 7.84. The largest absolute Gasteiger partial charge is 0.379 e. The summed E-state index contributed by atoms with van der Waals surface area (Å²) in [5.41, 5.74) is 7.25. The van der Waals surface area contributed by atoms with Crippen molar-refractivity contribution in [3.63, 3.8) is 0 Å². The number of benzene rings is 1. The third kappa shape index (κ3) is 4.49. The molecule has 7 nitrogen and oxygen atoms in total. The van der Waals surface area contributed by atoms with E-state index in [0.29, 0.717) is 17.2 Å². The van der Waals surface area contributed by atoms with Gasteiger partial charge in [0.05, 0.1) is 13.2 Å². The molecule has 25 heavy (non-hydrogen) atoms. The Kier molecular flexibility index (Phi) is 5.55. The maximum absolute atomic E-state index is 12.6. The molecule has 136 valence electrons. The van der Waals surface area contributed by atoms with Gasteiger partial charge in [0, 0.05) is 44.0 Å². The first-order chi connectivity index (χ1) is 12.0. The van der Waals surface area contributed by atoms with E-state index < -0.39 is 5.91 Å². The van der Waals surface area contributed by atoms with Gasteiger partial charge in [-0.1, -0.05) is 6.07 Å². The molecule has 1 atom stereocenters. The van der Waals surface area contributed by atoms with E-state index in [2.05, 4.69) is 10.2 Å². The zero-order valence-electron chi connectivity index (χ0n) is 14.7. The molecule has 1 unspecified atom stereocenters. The molecule has 3 rings (SSSR count). The summed E-state index contributed by atoms with van der Waals surface area (Å²) in [5.74, 6) is 0.00384. The average Bonchev–Trinajstić information content (AvgIpc) is 3.06. The fraction of sp³-hybridized carbons (Fsp3) is 0.556. The monoisotopic (exact) mass is 346 g/mol. The molecule has 2 fully saturated rings. The number of urea groups is 1. The molecule has 0 spiro atoms. The van der Waals surface area contributed by atoms with E-state index >= 15 is 0 Å². The van der Waals surface area contributed by atoms with Gasteiger partial charge in [-0.25, -0.2) is 4.79 Å². The van der Waals surface area contributed by atoms with Crippen molar-refractivity contribution in [1.29, 1.82) is 0 Å². The molecule has 2 heterocycles. The van der Waals surface area contributed by atoms with Crippen molar-refractivity contribution in [3.05, 3.63) is 29.3 Å². The van der Waals surface area contributed by atoms with E-state index in [0.717, 1.165) is 57.9 Å². The minimum Gasteiger partial charge on any atom is -0.379 e. The van der Waals surface area contributed by atoms with Crippen LogP contribution in [-0.4, -0.2) is 67.7 Å². The van der Waals surface area contributed by atoms with E-state index in [9.17, 15) is 9.59 Å². The van der Waals surface area contributed by atoms with Crippen molar-refractivity contribution in [1.82, 2.24) is 9.80 Å². The SMILES string of the molecule is Cc1ccc(C(N)=O)cc1NC(=O)N1CCC(CN2CCOCC2)C1. The van der Waals surface area contributed by atoms with Crippen molar-refractivity contribution in [3.8, 4) is 0 Å². The van der Waals surface area contributed by atoms with Crippen LogP contribution in [0.5, 0.6) is 0 Å². The fourth-order valence-electron chi connectivity index (χ4n) is 3.42. The zero-order chi connectivity index (χ0) is 17.8. The lowest BCUT2D eigenvalue weighted by atomic mass is 10.1. The Morgan fingerprint density at radius 1 is 1.28 bits per heavy atom. The third-order valence-electron chi connectivity index (χ3n) is 4.96. The summed E-state index contributed by atoms with van der Waals surface area (Å²) in [7, 11) is 0. The topological polar surface area (TPSA) is 87.9 Å². The summed E-state index contributed by atoms with van der Waals surface area (Å²) in [6, 6.07) is 4.98. The van der Waals surface area contributed by atoms with Crippen LogP contribution in [0.25, 0.3) is 0 Å². The first-order valence-corrected chi connectivity index (χ1v) is 8.79. The lowest BCUT2D eigenvalue weighted by Gasteiger charge is -2.29. The Morgan fingerprint density at radius 2 is 2.04 bits per heavy atom. The molecular weight excluding hydrogens is 320 g/mol. The van der Waals surface area contributed by atoms with Gasteiger partial charge in [-0.05, 0) is 37.0 Å². The Hall–Kier alpha value is -2.12. The summed E-state index contributed by atoms with van der Waals surface area (Å²) in [6.45, 7) is 7.98. The number of nitrogens with one attached hydrogen (secondary N) is 1. The zero-order valence-corrected chi connectivity index (χ0v) is 14.7. The third-order valence-corrected chi connectivity index (χ3v) is 4.96. The number of amides is 3. The molecular formula is C18H26N4O3. The molecule has 0 bridgehead atoms. The summed E-state index contributed by atoms with van der Waals surface area (Å²) in [5, 5.41) is 2.92. The Labute approximate surface area is 148 Å². The van der Waals surface area contributed by atoms with Crippen LogP contribution in [0.15, 0.2) is 18.2 Å². The maximum Gasteiger partial charge on any atom is 0.321 e. The van der Waals surface area contributed by atoms with Gasteiger partial charge in [0.1, 0.15) is 0 Å². The quantitative estimate of drug-likeness (QED) is 0.860. The van der Waals surface area contributed by atoms with Crippen LogP contribution in [0.2, 0.25) is 0 Å². The number of anilines is 1. The van der Waals surface area contributed by atoms with Gasteiger partial charge in [-0.3, -0.25) is 9.69 Å². The minimum atomic E-state index is -0.498. The van der Waals surface area contributed by atoms with E-state index in [-0.39, 0.29) is 6.03 Å². The van der Waals surface area contributed by atoms with Crippen molar-refractivity contribution in [2.24, 2.45) is 11.7 Å². The molecule has 2 saturated heterocycles. The molecule has 1 aromatic carbocycles. The number of carbonyl (C=O) groups is 2. The summed E-state index contributed by atoms with van der Waals surface area (Å²) in [6.07, 6.45) is 1.02. The van der Waals surface area contributed by atoms with Crippen molar-refractivity contribution in [2.75, 3.05) is 51.3 Å². The highest BCUT2D eigenvalue weighted by Gasteiger charge is 2.28. The minimum absolute atomic E-state index is 0.116. The van der Waals surface area contributed by atoms with Gasteiger partial charge < -0.3 is 20.7 Å². The standard InChI is InChI=1S/C18H26N4O3/c1-13-2-3-15(17(19)23)10-16(13)20-18(24)22-5-4-14(12-22)11-21-6-8-25-9-7-21/h2-3,10,14H,4-9,11-12H2,1H3,(H2,19,23)(H,20,24). The molecule has 7 heteroatoms. The van der Waals surface area contributed by atoms with Crippen LogP contribution in [0.1, 0.15) is 22.3 Å². The predicted octanol–water partition coefficient (Wildman–Crippen LogP) is 1.28. The normalized spacial score (nSPS) is 21.3. The lowest BCUT2D eigenvalue weighted by molar-refractivity contribution is 0.0314. The van der Waals surface area contributed by atoms with Crippen molar-refractivity contribution >= 4 is 17.6 Å². The number of primary amides is 1. The Balaban J connectivity index is 1.55. The smallest absolute Gasteiger partial charge is 0.321 e. The molecule has 3 N–H and O–H groups in total. The van der Waals surface area contributed by atoms with Gasteiger partial charge in [0.2, 0.25) is 5.91 Å². The van der Waals surface area contributed by atoms with Gasteiger partial charge in [0.15, 0.2) is 0 Å². The lowest BCUT2D eigenvalue weighted by Crippen LogP contribution is -2.40. The van der Waals surface area contributed by atoms with Crippen LogP contribution in [0, 0.1) is 12.8 Å². The molecule has 0 aromatic heterocycles. The molecule has 0 aliphatic carbocycles. The summed E-state index contributed by atoms with van der Waals surface area (Å²) < 4.78 is 5.38. The highest BCUT2D eigenvalue weighted by Crippen LogP contribution is 2.21. The summed E-state index contributed by atoms with van der Waals surface area (Å²) >= 11 is 0. The van der Waals surface area contributed by atoms with Crippen molar-refractivity contribution in [2.45, 2.75) is 13.3 Å². The highest BCUT2D eigenvalue weighted by atomic mass is 16.5. The maximum atomic E-state index is 12.6. The number of nitrogens with two attached hydrogens (primary N) is 1. The number of ether oxygens (including phenoxy) is 1. The predicted molar refractivity (Wildman–Crippen MR) is 95.7 cm³/mol. The van der Waals surface area contributed by atoms with Gasteiger partial charge in [-0.15, -0.1) is 0 Å². The van der Waals surface area contributed by atoms with Crippen LogP contribution < -0.4 is 11.1 Å². The Morgan fingerprint density at radius 3 is 2.76 bits per heavy atom. The number of nitrogens with zero attached hydrogens (tertiary/aromatic N) is 2. The first-order valence-electron chi connectivity index (χ1n) is 8.79. The number of morpholine rings is 1. The fourth-order valence-corrected chi connectivity index (χ4v) is 3.42. The highest BCUT2D eigenvalue weighted by molar-refractivity contribution is 5.96. The van der Waals surface area contributed by atoms with E-state index in [1.54, 1.807) is 18.2 Å². The van der Waals surface area contributed by atoms with Crippen LogP contribution in [-0.2, 0) is 4.74 Å². The van der Waals surface area contributed by atoms with E-state index in [1.807, 2.05) is 11.8 Å². The molecule has 2 aliphatic heterocycles. The van der Waals surface area contributed by atoms with Crippen LogP contribution in [0.3, 0.4) is 0 Å². The molecule has 2 aliphatic rings. The number of likely N-dealkylation sites (tertiary alicyclic amines) is 1.